The zero-order valence-electron chi connectivity index (χ0n) is 12.6. The van der Waals surface area contributed by atoms with E-state index in [4.69, 9.17) is 4.74 Å². The van der Waals surface area contributed by atoms with Gasteiger partial charge in [-0.05, 0) is 24.3 Å². The molecule has 0 aliphatic rings. The third kappa shape index (κ3) is 5.43. The summed E-state index contributed by atoms with van der Waals surface area (Å²) in [7, 11) is 1.42. The van der Waals surface area contributed by atoms with E-state index >= 15 is 0 Å². The number of nitrogens with one attached hydrogen (secondary N) is 1. The molecule has 1 rings (SSSR count). The number of rotatable bonds is 5. The maximum Gasteiger partial charge on any atom is 0.322 e. The zero-order chi connectivity index (χ0) is 14.5. The van der Waals surface area contributed by atoms with Gasteiger partial charge in [0.1, 0.15) is 6.04 Å². The molecule has 106 valence electrons. The van der Waals surface area contributed by atoms with Crippen molar-refractivity contribution >= 4 is 5.97 Å². The molecule has 0 saturated heterocycles. The summed E-state index contributed by atoms with van der Waals surface area (Å²) in [6.45, 7) is 8.44. The van der Waals surface area contributed by atoms with Crippen molar-refractivity contribution in [2.75, 3.05) is 7.11 Å². The van der Waals surface area contributed by atoms with E-state index in [0.717, 1.165) is 6.42 Å². The van der Waals surface area contributed by atoms with Gasteiger partial charge in [0.05, 0.1) is 7.11 Å². The lowest BCUT2D eigenvalue weighted by Crippen LogP contribution is -2.38. The van der Waals surface area contributed by atoms with Crippen LogP contribution in [0, 0.1) is 5.41 Å². The zero-order valence-corrected chi connectivity index (χ0v) is 12.6. The van der Waals surface area contributed by atoms with Crippen molar-refractivity contribution < 1.29 is 9.53 Å². The van der Waals surface area contributed by atoms with Crippen LogP contribution in [-0.4, -0.2) is 19.1 Å². The van der Waals surface area contributed by atoms with Crippen molar-refractivity contribution in [3.8, 4) is 0 Å². The summed E-state index contributed by atoms with van der Waals surface area (Å²) in [5, 5.41) is 3.37. The molecule has 0 aliphatic carbocycles. The van der Waals surface area contributed by atoms with E-state index in [-0.39, 0.29) is 23.5 Å². The van der Waals surface area contributed by atoms with Crippen LogP contribution in [0.1, 0.15) is 45.7 Å². The Morgan fingerprint density at radius 2 is 1.84 bits per heavy atom. The first kappa shape index (κ1) is 15.7. The SMILES string of the molecule is COC(=O)[C@H](C)NC(CC(C)(C)C)c1ccccc1. The van der Waals surface area contributed by atoms with Gasteiger partial charge in [-0.15, -0.1) is 0 Å². The number of carbonyl (C=O) groups excluding carboxylic acids is 1. The number of esters is 1. The van der Waals surface area contributed by atoms with Gasteiger partial charge in [-0.3, -0.25) is 10.1 Å². The van der Waals surface area contributed by atoms with Crippen molar-refractivity contribution in [1.29, 1.82) is 0 Å². The van der Waals surface area contributed by atoms with Gasteiger partial charge < -0.3 is 4.74 Å². The van der Waals surface area contributed by atoms with Crippen molar-refractivity contribution in [3.63, 3.8) is 0 Å². The lowest BCUT2D eigenvalue weighted by Gasteiger charge is -2.29. The third-order valence-corrected chi connectivity index (χ3v) is 3.02. The van der Waals surface area contributed by atoms with Crippen LogP contribution in [0.5, 0.6) is 0 Å². The molecule has 1 aromatic rings. The second-order valence-corrected chi connectivity index (χ2v) is 6.14. The molecule has 19 heavy (non-hydrogen) atoms. The van der Waals surface area contributed by atoms with Gasteiger partial charge in [0.25, 0.3) is 0 Å². The van der Waals surface area contributed by atoms with Crippen molar-refractivity contribution in [2.45, 2.75) is 46.2 Å². The van der Waals surface area contributed by atoms with Crippen LogP contribution < -0.4 is 5.32 Å². The first-order valence-electron chi connectivity index (χ1n) is 6.72. The molecule has 2 atom stereocenters. The quantitative estimate of drug-likeness (QED) is 0.828. The molecule has 0 fully saturated rings. The minimum absolute atomic E-state index is 0.148. The Bertz CT molecular complexity index is 395. The summed E-state index contributed by atoms with van der Waals surface area (Å²) in [6.07, 6.45) is 0.957. The van der Waals surface area contributed by atoms with Crippen molar-refractivity contribution in [3.05, 3.63) is 35.9 Å². The molecule has 1 N–H and O–H groups in total. The van der Waals surface area contributed by atoms with E-state index in [1.165, 1.54) is 12.7 Å². The summed E-state index contributed by atoms with van der Waals surface area (Å²) >= 11 is 0. The van der Waals surface area contributed by atoms with E-state index in [9.17, 15) is 4.79 Å². The Morgan fingerprint density at radius 3 is 2.32 bits per heavy atom. The molecule has 1 aromatic carbocycles. The van der Waals surface area contributed by atoms with Gasteiger partial charge in [-0.25, -0.2) is 0 Å². The first-order valence-corrected chi connectivity index (χ1v) is 6.72. The molecule has 0 heterocycles. The molecule has 0 aromatic heterocycles. The normalized spacial score (nSPS) is 14.8. The molecular weight excluding hydrogens is 238 g/mol. The molecule has 3 nitrogen and oxygen atoms in total. The fourth-order valence-electron chi connectivity index (χ4n) is 2.12. The van der Waals surface area contributed by atoms with Crippen LogP contribution in [0.15, 0.2) is 30.3 Å². The minimum Gasteiger partial charge on any atom is -0.468 e. The van der Waals surface area contributed by atoms with Gasteiger partial charge >= 0.3 is 5.97 Å². The average Bonchev–Trinajstić information content (AvgIpc) is 2.36. The van der Waals surface area contributed by atoms with Crippen LogP contribution in [0.4, 0.5) is 0 Å². The van der Waals surface area contributed by atoms with Crippen LogP contribution in [0.25, 0.3) is 0 Å². The van der Waals surface area contributed by atoms with Gasteiger partial charge in [-0.1, -0.05) is 51.1 Å². The Balaban J connectivity index is 2.85. The molecule has 0 radical (unpaired) electrons. The molecule has 0 amide bonds. The molecule has 0 spiro atoms. The van der Waals surface area contributed by atoms with Crippen LogP contribution in [0.2, 0.25) is 0 Å². The molecule has 3 heteroatoms. The molecule has 0 aliphatic heterocycles. The van der Waals surface area contributed by atoms with E-state index in [2.05, 4.69) is 38.2 Å². The second kappa shape index (κ2) is 6.71. The first-order chi connectivity index (χ1) is 8.83. The molecule has 0 saturated carbocycles. The number of benzene rings is 1. The van der Waals surface area contributed by atoms with Crippen LogP contribution in [0.3, 0.4) is 0 Å². The smallest absolute Gasteiger partial charge is 0.322 e. The highest BCUT2D eigenvalue weighted by molar-refractivity contribution is 5.75. The average molecular weight is 263 g/mol. The maximum atomic E-state index is 11.6. The highest BCUT2D eigenvalue weighted by Crippen LogP contribution is 2.29. The fraction of sp³-hybridized carbons (Fsp3) is 0.562. The third-order valence-electron chi connectivity index (χ3n) is 3.02. The lowest BCUT2D eigenvalue weighted by atomic mass is 9.85. The Labute approximate surface area is 116 Å². The standard InChI is InChI=1S/C16H25NO2/c1-12(15(18)19-5)17-14(11-16(2,3)4)13-9-7-6-8-10-13/h6-10,12,14,17H,11H2,1-5H3/t12-,14?/m0/s1. The highest BCUT2D eigenvalue weighted by atomic mass is 16.5. The number of methoxy groups -OCH3 is 1. The lowest BCUT2D eigenvalue weighted by molar-refractivity contribution is -0.142. The Hall–Kier alpha value is -1.35. The monoisotopic (exact) mass is 263 g/mol. The second-order valence-electron chi connectivity index (χ2n) is 6.14. The molecular formula is C16H25NO2. The van der Waals surface area contributed by atoms with Crippen molar-refractivity contribution in [1.82, 2.24) is 5.32 Å². The highest BCUT2D eigenvalue weighted by Gasteiger charge is 2.24. The predicted molar refractivity (Wildman–Crippen MR) is 77.9 cm³/mol. The molecule has 0 bridgehead atoms. The van der Waals surface area contributed by atoms with Crippen molar-refractivity contribution in [2.24, 2.45) is 5.41 Å². The molecule has 1 unspecified atom stereocenters. The summed E-state index contributed by atoms with van der Waals surface area (Å²) < 4.78 is 4.78. The Kier molecular flexibility index (Phi) is 5.55. The van der Waals surface area contributed by atoms with E-state index < -0.39 is 0 Å². The summed E-state index contributed by atoms with van der Waals surface area (Å²) in [5.41, 5.74) is 1.39. The number of ether oxygens (including phenoxy) is 1. The van der Waals surface area contributed by atoms with Gasteiger partial charge in [0.2, 0.25) is 0 Å². The van der Waals surface area contributed by atoms with E-state index in [1.807, 2.05) is 25.1 Å². The van der Waals surface area contributed by atoms with Gasteiger partial charge in [0, 0.05) is 6.04 Å². The topological polar surface area (TPSA) is 38.3 Å². The van der Waals surface area contributed by atoms with Crippen LogP contribution in [-0.2, 0) is 9.53 Å². The fourth-order valence-corrected chi connectivity index (χ4v) is 2.12. The minimum atomic E-state index is -0.308. The van der Waals surface area contributed by atoms with E-state index in [1.54, 1.807) is 0 Å². The Morgan fingerprint density at radius 1 is 1.26 bits per heavy atom. The summed E-state index contributed by atoms with van der Waals surface area (Å²) in [4.78, 5) is 11.6. The summed E-state index contributed by atoms with van der Waals surface area (Å²) in [5.74, 6) is -0.227. The number of hydrogen-bond donors (Lipinski definition) is 1. The van der Waals surface area contributed by atoms with Gasteiger partial charge in [-0.2, -0.15) is 0 Å². The summed E-state index contributed by atoms with van der Waals surface area (Å²) in [6, 6.07) is 10.1. The van der Waals surface area contributed by atoms with Crippen LogP contribution >= 0.6 is 0 Å². The largest absolute Gasteiger partial charge is 0.468 e. The number of hydrogen-bond acceptors (Lipinski definition) is 3. The van der Waals surface area contributed by atoms with E-state index in [0.29, 0.717) is 0 Å². The van der Waals surface area contributed by atoms with Gasteiger partial charge in [0.15, 0.2) is 0 Å². The number of carbonyl (C=O) groups is 1. The predicted octanol–water partition coefficient (Wildman–Crippen LogP) is 3.32. The maximum absolute atomic E-state index is 11.6.